The van der Waals surface area contributed by atoms with Crippen molar-refractivity contribution in [3.8, 4) is 0 Å². The lowest BCUT2D eigenvalue weighted by Gasteiger charge is -2.15. The molecule has 1 aliphatic carbocycles. The van der Waals surface area contributed by atoms with Gasteiger partial charge in [-0.1, -0.05) is 28.1 Å². The maximum Gasteiger partial charge on any atom is 0.0234 e. The van der Waals surface area contributed by atoms with Crippen molar-refractivity contribution in [1.29, 1.82) is 0 Å². The molecule has 1 aromatic carbocycles. The Morgan fingerprint density at radius 3 is 2.71 bits per heavy atom. The highest BCUT2D eigenvalue weighted by Gasteiger charge is 2.25. The van der Waals surface area contributed by atoms with Crippen molar-refractivity contribution in [2.75, 3.05) is 7.05 Å². The van der Waals surface area contributed by atoms with Crippen LogP contribution in [0.3, 0.4) is 0 Å². The first-order valence-electron chi connectivity index (χ1n) is 5.12. The first-order chi connectivity index (χ1) is 6.66. The molecule has 0 radical (unpaired) electrons. The molecule has 0 heterocycles. The third-order valence-electron chi connectivity index (χ3n) is 2.84. The number of hydrogen-bond acceptors (Lipinski definition) is 1. The summed E-state index contributed by atoms with van der Waals surface area (Å²) in [5.41, 5.74) is 2.71. The summed E-state index contributed by atoms with van der Waals surface area (Å²) >= 11 is 3.57. The largest absolute Gasteiger partial charge is 0.299 e. The van der Waals surface area contributed by atoms with Crippen molar-refractivity contribution in [1.82, 2.24) is 4.90 Å². The molecule has 1 fully saturated rings. The molecule has 0 aliphatic heterocycles. The highest BCUT2D eigenvalue weighted by atomic mass is 79.9. The predicted molar refractivity (Wildman–Crippen MR) is 63.4 cm³/mol. The Morgan fingerprint density at radius 2 is 2.14 bits per heavy atom. The lowest BCUT2D eigenvalue weighted by atomic mass is 10.1. The van der Waals surface area contributed by atoms with E-state index >= 15 is 0 Å². The molecule has 0 aromatic heterocycles. The fourth-order valence-corrected chi connectivity index (χ4v) is 2.09. The van der Waals surface area contributed by atoms with Gasteiger partial charge in [-0.25, -0.2) is 0 Å². The minimum absolute atomic E-state index is 0.843. The van der Waals surface area contributed by atoms with Crippen LogP contribution in [0.2, 0.25) is 0 Å². The van der Waals surface area contributed by atoms with E-state index in [2.05, 4.69) is 53.0 Å². The van der Waals surface area contributed by atoms with Crippen molar-refractivity contribution in [3.63, 3.8) is 0 Å². The summed E-state index contributed by atoms with van der Waals surface area (Å²) in [5, 5.41) is 0. The van der Waals surface area contributed by atoms with E-state index in [4.69, 9.17) is 0 Å². The Bertz CT molecular complexity index is 331. The maximum atomic E-state index is 3.57. The average molecular weight is 254 g/mol. The molecule has 14 heavy (non-hydrogen) atoms. The molecule has 1 saturated carbocycles. The van der Waals surface area contributed by atoms with Gasteiger partial charge in [0.1, 0.15) is 0 Å². The third-order valence-corrected chi connectivity index (χ3v) is 3.69. The van der Waals surface area contributed by atoms with Crippen molar-refractivity contribution >= 4 is 15.9 Å². The predicted octanol–water partition coefficient (Wildman–Crippen LogP) is 3.35. The highest BCUT2D eigenvalue weighted by Crippen LogP contribution is 2.27. The molecule has 0 atom stereocenters. The number of aryl methyl sites for hydroxylation is 1. The maximum absolute atomic E-state index is 3.57. The number of halogens is 1. The summed E-state index contributed by atoms with van der Waals surface area (Å²) in [6.07, 6.45) is 2.76. The quantitative estimate of drug-likeness (QED) is 0.799. The summed E-state index contributed by atoms with van der Waals surface area (Å²) in [7, 11) is 2.21. The van der Waals surface area contributed by atoms with E-state index in [1.807, 2.05) is 0 Å². The van der Waals surface area contributed by atoms with E-state index in [0.717, 1.165) is 12.6 Å². The number of rotatable bonds is 3. The zero-order valence-corrected chi connectivity index (χ0v) is 10.3. The van der Waals surface area contributed by atoms with Gasteiger partial charge in [-0.05, 0) is 44.0 Å². The summed E-state index contributed by atoms with van der Waals surface area (Å²) in [4.78, 5) is 2.44. The molecule has 0 amide bonds. The summed E-state index contributed by atoms with van der Waals surface area (Å²) in [6.45, 7) is 3.20. The van der Waals surface area contributed by atoms with Crippen molar-refractivity contribution in [3.05, 3.63) is 33.8 Å². The molecule has 1 nitrogen and oxygen atoms in total. The van der Waals surface area contributed by atoms with Crippen molar-refractivity contribution in [2.45, 2.75) is 32.4 Å². The molecule has 2 rings (SSSR count). The first kappa shape index (κ1) is 10.2. The van der Waals surface area contributed by atoms with Gasteiger partial charge in [-0.2, -0.15) is 0 Å². The van der Waals surface area contributed by atoms with Crippen LogP contribution in [-0.2, 0) is 6.54 Å². The molecule has 0 unspecified atom stereocenters. The average Bonchev–Trinajstić information content (AvgIpc) is 2.94. The SMILES string of the molecule is Cc1ccc(CN(C)C2CC2)cc1Br. The molecular formula is C12H16BrN. The molecule has 2 heteroatoms. The standard InChI is InChI=1S/C12H16BrN/c1-9-3-4-10(7-12(9)13)8-14(2)11-5-6-11/h3-4,7,11H,5-6,8H2,1-2H3. The Morgan fingerprint density at radius 1 is 1.43 bits per heavy atom. The van der Waals surface area contributed by atoms with Gasteiger partial charge in [0.2, 0.25) is 0 Å². The second-order valence-corrected chi connectivity index (χ2v) is 5.08. The molecule has 0 saturated heterocycles. The van der Waals surface area contributed by atoms with Gasteiger partial charge in [0, 0.05) is 17.1 Å². The fourth-order valence-electron chi connectivity index (χ4n) is 1.67. The number of benzene rings is 1. The molecule has 1 aliphatic rings. The van der Waals surface area contributed by atoms with Crippen LogP contribution in [0.25, 0.3) is 0 Å². The molecule has 76 valence electrons. The molecule has 1 aromatic rings. The van der Waals surface area contributed by atoms with Gasteiger partial charge in [0.05, 0.1) is 0 Å². The smallest absolute Gasteiger partial charge is 0.0234 e. The van der Waals surface area contributed by atoms with Crippen LogP contribution in [0.5, 0.6) is 0 Å². The normalized spacial score (nSPS) is 16.3. The zero-order chi connectivity index (χ0) is 10.1. The van der Waals surface area contributed by atoms with Gasteiger partial charge < -0.3 is 0 Å². The summed E-state index contributed by atoms with van der Waals surface area (Å²) in [6, 6.07) is 7.47. The van der Waals surface area contributed by atoms with Gasteiger partial charge in [-0.3, -0.25) is 4.90 Å². The molecule has 0 spiro atoms. The minimum Gasteiger partial charge on any atom is -0.299 e. The van der Waals surface area contributed by atoms with Crippen LogP contribution in [0.15, 0.2) is 22.7 Å². The van der Waals surface area contributed by atoms with E-state index in [0.29, 0.717) is 0 Å². The number of hydrogen-bond donors (Lipinski definition) is 0. The van der Waals surface area contributed by atoms with Crippen molar-refractivity contribution < 1.29 is 0 Å². The fraction of sp³-hybridized carbons (Fsp3) is 0.500. The van der Waals surface area contributed by atoms with Crippen molar-refractivity contribution in [2.24, 2.45) is 0 Å². The van der Waals surface area contributed by atoms with E-state index in [9.17, 15) is 0 Å². The topological polar surface area (TPSA) is 3.24 Å². The van der Waals surface area contributed by atoms with Gasteiger partial charge in [0.25, 0.3) is 0 Å². The Kier molecular flexibility index (Phi) is 2.93. The Labute approximate surface area is 94.2 Å². The molecule has 0 N–H and O–H groups in total. The second-order valence-electron chi connectivity index (χ2n) is 4.23. The van der Waals surface area contributed by atoms with Crippen LogP contribution >= 0.6 is 15.9 Å². The van der Waals surface area contributed by atoms with Crippen LogP contribution in [0, 0.1) is 6.92 Å². The lowest BCUT2D eigenvalue weighted by molar-refractivity contribution is 0.316. The van der Waals surface area contributed by atoms with E-state index < -0.39 is 0 Å². The van der Waals surface area contributed by atoms with Gasteiger partial charge in [0.15, 0.2) is 0 Å². The highest BCUT2D eigenvalue weighted by molar-refractivity contribution is 9.10. The van der Waals surface area contributed by atoms with Crippen LogP contribution in [-0.4, -0.2) is 18.0 Å². The van der Waals surface area contributed by atoms with Crippen LogP contribution in [0.1, 0.15) is 24.0 Å². The van der Waals surface area contributed by atoms with E-state index in [1.165, 1.54) is 28.4 Å². The number of nitrogens with zero attached hydrogens (tertiary/aromatic N) is 1. The Balaban J connectivity index is 2.04. The molecular weight excluding hydrogens is 238 g/mol. The van der Waals surface area contributed by atoms with Gasteiger partial charge >= 0.3 is 0 Å². The van der Waals surface area contributed by atoms with E-state index in [-0.39, 0.29) is 0 Å². The second kappa shape index (κ2) is 4.03. The van der Waals surface area contributed by atoms with Crippen LogP contribution in [0.4, 0.5) is 0 Å². The third kappa shape index (κ3) is 2.37. The summed E-state index contributed by atoms with van der Waals surface area (Å²) < 4.78 is 1.22. The monoisotopic (exact) mass is 253 g/mol. The first-order valence-corrected chi connectivity index (χ1v) is 5.91. The molecule has 0 bridgehead atoms. The van der Waals surface area contributed by atoms with Crippen LogP contribution < -0.4 is 0 Å². The minimum atomic E-state index is 0.843. The lowest BCUT2D eigenvalue weighted by Crippen LogP contribution is -2.19. The van der Waals surface area contributed by atoms with E-state index in [1.54, 1.807) is 0 Å². The summed E-state index contributed by atoms with van der Waals surface area (Å²) in [5.74, 6) is 0. The Hall–Kier alpha value is -0.340. The van der Waals surface area contributed by atoms with Gasteiger partial charge in [-0.15, -0.1) is 0 Å². The zero-order valence-electron chi connectivity index (χ0n) is 8.76.